The second-order valence-electron chi connectivity index (χ2n) is 3.82. The van der Waals surface area contributed by atoms with Gasteiger partial charge in [-0.2, -0.15) is 0 Å². The normalized spacial score (nSPS) is 10.4. The Morgan fingerprint density at radius 1 is 1.28 bits per heavy atom. The first-order valence-electron chi connectivity index (χ1n) is 6.02. The maximum absolute atomic E-state index is 5.55. The van der Waals surface area contributed by atoms with Crippen LogP contribution in [0.2, 0.25) is 0 Å². The summed E-state index contributed by atoms with van der Waals surface area (Å²) in [6, 6.07) is 4.08. The molecule has 1 rings (SSSR count). The number of methoxy groups -OCH3 is 2. The smallest absolute Gasteiger partial charge is 0.175 e. The zero-order chi connectivity index (χ0) is 13.4. The Balaban J connectivity index is 2.73. The van der Waals surface area contributed by atoms with Crippen molar-refractivity contribution in [3.63, 3.8) is 0 Å². The van der Waals surface area contributed by atoms with Gasteiger partial charge in [-0.1, -0.05) is 0 Å². The Morgan fingerprint density at radius 2 is 2.06 bits per heavy atom. The minimum absolute atomic E-state index is 0.619. The zero-order valence-corrected chi connectivity index (χ0v) is 12.7. The highest BCUT2D eigenvalue weighted by molar-refractivity contribution is 9.10. The van der Waals surface area contributed by atoms with Crippen molar-refractivity contribution in [3.05, 3.63) is 22.2 Å². The van der Waals surface area contributed by atoms with Gasteiger partial charge in [-0.15, -0.1) is 0 Å². The van der Waals surface area contributed by atoms with E-state index in [2.05, 4.69) is 27.3 Å². The lowest BCUT2D eigenvalue weighted by atomic mass is 10.2. The zero-order valence-electron chi connectivity index (χ0n) is 11.2. The van der Waals surface area contributed by atoms with Gasteiger partial charge in [-0.25, -0.2) is 0 Å². The largest absolute Gasteiger partial charge is 0.493 e. The van der Waals surface area contributed by atoms with Crippen LogP contribution in [0.5, 0.6) is 11.5 Å². The van der Waals surface area contributed by atoms with Crippen LogP contribution in [0.1, 0.15) is 12.5 Å². The summed E-state index contributed by atoms with van der Waals surface area (Å²) >= 11 is 3.52. The molecular formula is C13H21BrNO3+. The van der Waals surface area contributed by atoms with E-state index in [4.69, 9.17) is 14.2 Å². The van der Waals surface area contributed by atoms with E-state index in [1.165, 1.54) is 5.56 Å². The summed E-state index contributed by atoms with van der Waals surface area (Å²) in [4.78, 5) is 0. The average molecular weight is 319 g/mol. The first-order chi connectivity index (χ1) is 8.72. The summed E-state index contributed by atoms with van der Waals surface area (Å²) in [7, 11) is 3.37. The SMILES string of the molecule is CCOc1c(Br)cc(C[NH2+]CCOC)cc1OC. The van der Waals surface area contributed by atoms with Crippen molar-refractivity contribution >= 4 is 15.9 Å². The maximum atomic E-state index is 5.55. The van der Waals surface area contributed by atoms with Crippen LogP contribution in [0.4, 0.5) is 0 Å². The van der Waals surface area contributed by atoms with E-state index >= 15 is 0 Å². The van der Waals surface area contributed by atoms with Gasteiger partial charge in [0.05, 0.1) is 31.3 Å². The number of nitrogens with two attached hydrogens (primary N) is 1. The lowest BCUT2D eigenvalue weighted by Gasteiger charge is -2.13. The van der Waals surface area contributed by atoms with Gasteiger partial charge in [-0.05, 0) is 35.0 Å². The van der Waals surface area contributed by atoms with Crippen LogP contribution in [-0.2, 0) is 11.3 Å². The summed E-state index contributed by atoms with van der Waals surface area (Å²) in [5.74, 6) is 1.53. The fourth-order valence-corrected chi connectivity index (χ4v) is 2.25. The number of quaternary nitrogens is 1. The first kappa shape index (κ1) is 15.3. The molecule has 102 valence electrons. The van der Waals surface area contributed by atoms with Gasteiger partial charge in [0, 0.05) is 12.7 Å². The molecule has 0 radical (unpaired) electrons. The van der Waals surface area contributed by atoms with Crippen LogP contribution in [-0.4, -0.2) is 34.0 Å². The molecule has 0 saturated carbocycles. The van der Waals surface area contributed by atoms with Crippen molar-refractivity contribution in [2.45, 2.75) is 13.5 Å². The molecule has 0 aliphatic carbocycles. The minimum Gasteiger partial charge on any atom is -0.493 e. The highest BCUT2D eigenvalue weighted by Crippen LogP contribution is 2.36. The molecule has 0 saturated heterocycles. The van der Waals surface area contributed by atoms with Crippen molar-refractivity contribution in [1.82, 2.24) is 0 Å². The number of hydrogen-bond donors (Lipinski definition) is 1. The van der Waals surface area contributed by atoms with E-state index in [9.17, 15) is 0 Å². The van der Waals surface area contributed by atoms with Crippen LogP contribution in [0.15, 0.2) is 16.6 Å². The lowest BCUT2D eigenvalue weighted by Crippen LogP contribution is -2.83. The number of rotatable bonds is 8. The number of halogens is 1. The fraction of sp³-hybridized carbons (Fsp3) is 0.538. The number of ether oxygens (including phenoxy) is 3. The Hall–Kier alpha value is -0.780. The van der Waals surface area contributed by atoms with E-state index in [1.807, 2.05) is 13.0 Å². The van der Waals surface area contributed by atoms with Crippen molar-refractivity contribution in [3.8, 4) is 11.5 Å². The van der Waals surface area contributed by atoms with Gasteiger partial charge in [0.2, 0.25) is 0 Å². The molecule has 5 heteroatoms. The molecule has 0 amide bonds. The van der Waals surface area contributed by atoms with Gasteiger partial charge >= 0.3 is 0 Å². The molecule has 0 aliphatic rings. The van der Waals surface area contributed by atoms with Crippen LogP contribution in [0, 0.1) is 0 Å². The highest BCUT2D eigenvalue weighted by Gasteiger charge is 2.11. The molecule has 0 fully saturated rings. The van der Waals surface area contributed by atoms with Gasteiger partial charge in [0.1, 0.15) is 6.54 Å². The van der Waals surface area contributed by atoms with E-state index < -0.39 is 0 Å². The molecule has 0 spiro atoms. The average Bonchev–Trinajstić information content (AvgIpc) is 2.37. The molecule has 1 aromatic rings. The monoisotopic (exact) mass is 318 g/mol. The van der Waals surface area contributed by atoms with Crippen LogP contribution in [0.25, 0.3) is 0 Å². The van der Waals surface area contributed by atoms with Crippen LogP contribution in [0.3, 0.4) is 0 Å². The van der Waals surface area contributed by atoms with E-state index in [1.54, 1.807) is 14.2 Å². The lowest BCUT2D eigenvalue weighted by molar-refractivity contribution is -0.671. The third-order valence-corrected chi connectivity index (χ3v) is 3.07. The second kappa shape index (κ2) is 8.34. The summed E-state index contributed by atoms with van der Waals surface area (Å²) < 4.78 is 16.9. The Kier molecular flexibility index (Phi) is 7.08. The molecular weight excluding hydrogens is 298 g/mol. The van der Waals surface area contributed by atoms with Crippen molar-refractivity contribution in [1.29, 1.82) is 0 Å². The number of benzene rings is 1. The van der Waals surface area contributed by atoms with Gasteiger partial charge in [-0.3, -0.25) is 0 Å². The van der Waals surface area contributed by atoms with Crippen LogP contribution < -0.4 is 14.8 Å². The molecule has 1 aromatic carbocycles. The third-order valence-electron chi connectivity index (χ3n) is 2.48. The van der Waals surface area contributed by atoms with Gasteiger partial charge in [0.15, 0.2) is 11.5 Å². The Bertz CT molecular complexity index is 371. The molecule has 0 aromatic heterocycles. The molecule has 2 N–H and O–H groups in total. The van der Waals surface area contributed by atoms with Gasteiger partial charge in [0.25, 0.3) is 0 Å². The van der Waals surface area contributed by atoms with E-state index in [-0.39, 0.29) is 0 Å². The molecule has 0 heterocycles. The molecule has 0 bridgehead atoms. The van der Waals surface area contributed by atoms with Crippen LogP contribution >= 0.6 is 15.9 Å². The standard InChI is InChI=1S/C13H20BrNO3/c1-4-18-13-11(14)7-10(8-12(13)17-3)9-15-5-6-16-2/h7-8,15H,4-6,9H2,1-3H3/p+1. The topological polar surface area (TPSA) is 44.3 Å². The Morgan fingerprint density at radius 3 is 2.67 bits per heavy atom. The maximum Gasteiger partial charge on any atom is 0.175 e. The summed E-state index contributed by atoms with van der Waals surface area (Å²) in [5, 5.41) is 2.20. The molecule has 0 atom stereocenters. The van der Waals surface area contributed by atoms with E-state index in [0.29, 0.717) is 6.61 Å². The highest BCUT2D eigenvalue weighted by atomic mass is 79.9. The van der Waals surface area contributed by atoms with Gasteiger partial charge < -0.3 is 19.5 Å². The summed E-state index contributed by atoms with van der Waals surface area (Å²) in [6.07, 6.45) is 0. The summed E-state index contributed by atoms with van der Waals surface area (Å²) in [6.45, 7) is 5.18. The second-order valence-corrected chi connectivity index (χ2v) is 4.67. The predicted molar refractivity (Wildman–Crippen MR) is 74.2 cm³/mol. The predicted octanol–water partition coefficient (Wildman–Crippen LogP) is 1.57. The molecule has 0 aliphatic heterocycles. The van der Waals surface area contributed by atoms with Crippen molar-refractivity contribution in [2.24, 2.45) is 0 Å². The summed E-state index contributed by atoms with van der Waals surface area (Å²) in [5.41, 5.74) is 1.19. The molecule has 4 nitrogen and oxygen atoms in total. The Labute approximate surface area is 117 Å². The quantitative estimate of drug-likeness (QED) is 0.740. The fourth-order valence-electron chi connectivity index (χ4n) is 1.65. The third kappa shape index (κ3) is 4.48. The minimum atomic E-state index is 0.619. The van der Waals surface area contributed by atoms with Crippen molar-refractivity contribution in [2.75, 3.05) is 34.0 Å². The first-order valence-corrected chi connectivity index (χ1v) is 6.82. The molecule has 18 heavy (non-hydrogen) atoms. The molecule has 0 unspecified atom stereocenters. The van der Waals surface area contributed by atoms with E-state index in [0.717, 1.165) is 35.7 Å². The van der Waals surface area contributed by atoms with Crippen molar-refractivity contribution < 1.29 is 19.5 Å². The number of hydrogen-bond acceptors (Lipinski definition) is 3.